The first kappa shape index (κ1) is 11.8. The SMILES string of the molecule is FC(F)(F)C(/C=C/Br)C(F)(F)F. The molecule has 0 unspecified atom stereocenters. The second kappa shape index (κ2) is 3.68. The van der Waals surface area contributed by atoms with Crippen LogP contribution < -0.4 is 0 Å². The molecule has 0 aromatic heterocycles. The molecule has 0 saturated heterocycles. The lowest BCUT2D eigenvalue weighted by atomic mass is 10.1. The van der Waals surface area contributed by atoms with Gasteiger partial charge >= 0.3 is 12.4 Å². The molecule has 0 atom stereocenters. The van der Waals surface area contributed by atoms with E-state index >= 15 is 0 Å². The average Bonchev–Trinajstić information content (AvgIpc) is 1.77. The van der Waals surface area contributed by atoms with Crippen molar-refractivity contribution in [1.29, 1.82) is 0 Å². The summed E-state index contributed by atoms with van der Waals surface area (Å²) < 4.78 is 69.7. The Kier molecular flexibility index (Phi) is 3.61. The topological polar surface area (TPSA) is 0 Å². The van der Waals surface area contributed by atoms with E-state index in [-0.39, 0.29) is 6.08 Å². The maximum absolute atomic E-state index is 11.6. The molecule has 0 amide bonds. The standard InChI is InChI=1S/C5H3BrF6/c6-2-1-3(4(7,8)9)5(10,11)12/h1-3H/b2-1+. The van der Waals surface area contributed by atoms with Crippen molar-refractivity contribution < 1.29 is 26.3 Å². The zero-order chi connectivity index (χ0) is 9.99. The van der Waals surface area contributed by atoms with Gasteiger partial charge in [-0.15, -0.1) is 0 Å². The molecule has 0 radical (unpaired) electrons. The first-order valence-electron chi connectivity index (χ1n) is 2.60. The molecule has 0 aromatic rings. The molecule has 0 spiro atoms. The van der Waals surface area contributed by atoms with Crippen molar-refractivity contribution in [3.8, 4) is 0 Å². The van der Waals surface area contributed by atoms with Crippen molar-refractivity contribution in [2.24, 2.45) is 5.92 Å². The predicted molar refractivity (Wildman–Crippen MR) is 33.7 cm³/mol. The van der Waals surface area contributed by atoms with Gasteiger partial charge in [-0.05, 0) is 4.99 Å². The van der Waals surface area contributed by atoms with Gasteiger partial charge in [0.2, 0.25) is 0 Å². The molecule has 0 heterocycles. The summed E-state index contributed by atoms with van der Waals surface area (Å²) in [4.78, 5) is 0.540. The van der Waals surface area contributed by atoms with Crippen molar-refractivity contribution in [1.82, 2.24) is 0 Å². The largest absolute Gasteiger partial charge is 0.403 e. The van der Waals surface area contributed by atoms with E-state index in [9.17, 15) is 26.3 Å². The molecule has 0 bridgehead atoms. The third kappa shape index (κ3) is 3.46. The van der Waals surface area contributed by atoms with Crippen LogP contribution in [0.15, 0.2) is 11.1 Å². The summed E-state index contributed by atoms with van der Waals surface area (Å²) in [5, 5.41) is 0. The molecule has 0 saturated carbocycles. The van der Waals surface area contributed by atoms with Gasteiger partial charge < -0.3 is 0 Å². The number of hydrogen-bond donors (Lipinski definition) is 0. The van der Waals surface area contributed by atoms with Crippen molar-refractivity contribution in [2.75, 3.05) is 0 Å². The van der Waals surface area contributed by atoms with E-state index in [1.54, 1.807) is 0 Å². The van der Waals surface area contributed by atoms with Crippen LogP contribution in [0.5, 0.6) is 0 Å². The minimum absolute atomic E-state index is 0. The van der Waals surface area contributed by atoms with E-state index < -0.39 is 18.3 Å². The molecule has 72 valence electrons. The van der Waals surface area contributed by atoms with Crippen LogP contribution >= 0.6 is 15.9 Å². The zero-order valence-electron chi connectivity index (χ0n) is 5.38. The monoisotopic (exact) mass is 256 g/mol. The molecule has 12 heavy (non-hydrogen) atoms. The van der Waals surface area contributed by atoms with E-state index in [0.717, 1.165) is 0 Å². The van der Waals surface area contributed by atoms with Crippen LogP contribution in [0.25, 0.3) is 0 Å². The van der Waals surface area contributed by atoms with Crippen LogP contribution in [0.1, 0.15) is 0 Å². The Bertz CT molecular complexity index is 152. The highest BCUT2D eigenvalue weighted by Gasteiger charge is 2.54. The Morgan fingerprint density at radius 2 is 1.25 bits per heavy atom. The third-order valence-electron chi connectivity index (χ3n) is 0.970. The summed E-state index contributed by atoms with van der Waals surface area (Å²) in [6.45, 7) is 0. The lowest BCUT2D eigenvalue weighted by Crippen LogP contribution is -2.34. The third-order valence-corrected chi connectivity index (χ3v) is 1.28. The average molecular weight is 257 g/mol. The number of hydrogen-bond acceptors (Lipinski definition) is 0. The number of allylic oxidation sites excluding steroid dienone is 1. The van der Waals surface area contributed by atoms with E-state index in [1.165, 1.54) is 0 Å². The zero-order valence-corrected chi connectivity index (χ0v) is 6.96. The Morgan fingerprint density at radius 3 is 1.33 bits per heavy atom. The van der Waals surface area contributed by atoms with Crippen LogP contribution in [0.2, 0.25) is 0 Å². The van der Waals surface area contributed by atoms with E-state index in [0.29, 0.717) is 4.99 Å². The molecule has 0 fully saturated rings. The maximum atomic E-state index is 11.6. The van der Waals surface area contributed by atoms with Crippen molar-refractivity contribution in [2.45, 2.75) is 12.4 Å². The van der Waals surface area contributed by atoms with Crippen LogP contribution in [-0.2, 0) is 0 Å². The second-order valence-corrected chi connectivity index (χ2v) is 2.41. The molecule has 0 N–H and O–H groups in total. The molecule has 0 aliphatic heterocycles. The van der Waals surface area contributed by atoms with Gasteiger partial charge in [-0.25, -0.2) is 0 Å². The quantitative estimate of drug-likeness (QED) is 0.629. The summed E-state index contributed by atoms with van der Waals surface area (Å²) in [6, 6.07) is 0. The normalized spacial score (nSPS) is 14.7. The molecule has 7 heteroatoms. The molecule has 0 nitrogen and oxygen atoms in total. The molecular formula is C5H3BrF6. The van der Waals surface area contributed by atoms with Crippen molar-refractivity contribution in [3.63, 3.8) is 0 Å². The highest BCUT2D eigenvalue weighted by atomic mass is 79.9. The second-order valence-electron chi connectivity index (χ2n) is 1.88. The van der Waals surface area contributed by atoms with Crippen molar-refractivity contribution in [3.05, 3.63) is 11.1 Å². The summed E-state index contributed by atoms with van der Waals surface area (Å²) >= 11 is 2.35. The summed E-state index contributed by atoms with van der Waals surface area (Å²) in [5.74, 6) is -3.40. The van der Waals surface area contributed by atoms with Crippen LogP contribution in [0.3, 0.4) is 0 Å². The van der Waals surface area contributed by atoms with E-state index in [1.807, 2.05) is 0 Å². The maximum Gasteiger partial charge on any atom is 0.403 e. The molecule has 0 rings (SSSR count). The summed E-state index contributed by atoms with van der Waals surface area (Å²) in [6.07, 6.45) is -10.6. The Balaban J connectivity index is 4.69. The Morgan fingerprint density at radius 1 is 0.917 bits per heavy atom. The minimum atomic E-state index is -5.29. The van der Waals surface area contributed by atoms with Crippen LogP contribution in [0, 0.1) is 5.92 Å². The van der Waals surface area contributed by atoms with Gasteiger partial charge in [0.1, 0.15) is 0 Å². The number of halogens is 7. The van der Waals surface area contributed by atoms with Gasteiger partial charge in [-0.2, -0.15) is 26.3 Å². The summed E-state index contributed by atoms with van der Waals surface area (Å²) in [5.41, 5.74) is 0. The number of alkyl halides is 6. The molecule has 0 aliphatic carbocycles. The van der Waals surface area contributed by atoms with Crippen LogP contribution in [0.4, 0.5) is 26.3 Å². The van der Waals surface area contributed by atoms with Gasteiger partial charge in [0, 0.05) is 0 Å². The van der Waals surface area contributed by atoms with Gasteiger partial charge in [0.25, 0.3) is 0 Å². The lowest BCUT2D eigenvalue weighted by Gasteiger charge is -2.19. The number of rotatable bonds is 1. The van der Waals surface area contributed by atoms with Gasteiger partial charge in [-0.1, -0.05) is 22.0 Å². The Hall–Kier alpha value is -0.200. The highest BCUT2D eigenvalue weighted by Crippen LogP contribution is 2.40. The van der Waals surface area contributed by atoms with Gasteiger partial charge in [-0.3, -0.25) is 0 Å². The fourth-order valence-electron chi connectivity index (χ4n) is 0.477. The smallest absolute Gasteiger partial charge is 0.170 e. The molecule has 0 aromatic carbocycles. The van der Waals surface area contributed by atoms with E-state index in [4.69, 9.17) is 0 Å². The first-order valence-corrected chi connectivity index (χ1v) is 3.51. The highest BCUT2D eigenvalue weighted by molar-refractivity contribution is 9.11. The van der Waals surface area contributed by atoms with Crippen LogP contribution in [-0.4, -0.2) is 12.4 Å². The fourth-order valence-corrected chi connectivity index (χ4v) is 0.782. The van der Waals surface area contributed by atoms with Gasteiger partial charge in [0.15, 0.2) is 5.92 Å². The van der Waals surface area contributed by atoms with E-state index in [2.05, 4.69) is 15.9 Å². The molecular weight excluding hydrogens is 254 g/mol. The molecule has 0 aliphatic rings. The van der Waals surface area contributed by atoms with Gasteiger partial charge in [0.05, 0.1) is 0 Å². The Labute approximate surface area is 72.4 Å². The summed E-state index contributed by atoms with van der Waals surface area (Å²) in [7, 11) is 0. The fraction of sp³-hybridized carbons (Fsp3) is 0.600. The predicted octanol–water partition coefficient (Wildman–Crippen LogP) is 3.64. The van der Waals surface area contributed by atoms with Crippen molar-refractivity contribution >= 4 is 15.9 Å². The minimum Gasteiger partial charge on any atom is -0.170 e. The first-order chi connectivity index (χ1) is 5.19. The lowest BCUT2D eigenvalue weighted by molar-refractivity contribution is -0.267.